The molecule has 1 fully saturated rings. The SMILES string of the molecule is Cc1ccc(-n2c(SCC(=O)N3CCCC(C)C3)nnc2-c2ccccc2)cc1C. The molecule has 0 saturated carbocycles. The highest BCUT2D eigenvalue weighted by atomic mass is 32.2. The van der Waals surface area contributed by atoms with Crippen LogP contribution in [0.5, 0.6) is 0 Å². The third kappa shape index (κ3) is 4.43. The van der Waals surface area contributed by atoms with Crippen molar-refractivity contribution in [2.45, 2.75) is 38.8 Å². The van der Waals surface area contributed by atoms with Gasteiger partial charge in [0.1, 0.15) is 0 Å². The predicted octanol–water partition coefficient (Wildman–Crippen LogP) is 4.90. The number of hydrogen-bond acceptors (Lipinski definition) is 4. The lowest BCUT2D eigenvalue weighted by atomic mass is 10.0. The molecule has 30 heavy (non-hydrogen) atoms. The van der Waals surface area contributed by atoms with Gasteiger partial charge in [-0.25, -0.2) is 0 Å². The summed E-state index contributed by atoms with van der Waals surface area (Å²) in [5.41, 5.74) is 4.49. The molecule has 2 heterocycles. The van der Waals surface area contributed by atoms with E-state index in [9.17, 15) is 4.79 Å². The Morgan fingerprint density at radius 2 is 1.90 bits per heavy atom. The predicted molar refractivity (Wildman–Crippen MR) is 122 cm³/mol. The van der Waals surface area contributed by atoms with E-state index in [1.54, 1.807) is 0 Å². The summed E-state index contributed by atoms with van der Waals surface area (Å²) >= 11 is 1.47. The summed E-state index contributed by atoms with van der Waals surface area (Å²) in [4.78, 5) is 14.8. The van der Waals surface area contributed by atoms with Crippen molar-refractivity contribution in [3.63, 3.8) is 0 Å². The zero-order chi connectivity index (χ0) is 21.1. The van der Waals surface area contributed by atoms with Crippen molar-refractivity contribution in [3.8, 4) is 17.1 Å². The first-order valence-electron chi connectivity index (χ1n) is 10.5. The number of carbonyl (C=O) groups is 1. The lowest BCUT2D eigenvalue weighted by Gasteiger charge is -2.30. The monoisotopic (exact) mass is 420 g/mol. The maximum Gasteiger partial charge on any atom is 0.233 e. The van der Waals surface area contributed by atoms with Gasteiger partial charge in [-0.1, -0.05) is 55.1 Å². The summed E-state index contributed by atoms with van der Waals surface area (Å²) in [6.07, 6.45) is 2.30. The van der Waals surface area contributed by atoms with Gasteiger partial charge in [-0.2, -0.15) is 0 Å². The zero-order valence-electron chi connectivity index (χ0n) is 17.8. The Kier molecular flexibility index (Phi) is 6.23. The largest absolute Gasteiger partial charge is 0.342 e. The van der Waals surface area contributed by atoms with Crippen LogP contribution in [0.4, 0.5) is 0 Å². The van der Waals surface area contributed by atoms with Crippen molar-refractivity contribution >= 4 is 17.7 Å². The third-order valence-electron chi connectivity index (χ3n) is 5.75. The highest BCUT2D eigenvalue weighted by molar-refractivity contribution is 7.99. The minimum Gasteiger partial charge on any atom is -0.342 e. The molecule has 1 aromatic heterocycles. The molecule has 6 heteroatoms. The lowest BCUT2D eigenvalue weighted by Crippen LogP contribution is -2.40. The molecule has 1 amide bonds. The van der Waals surface area contributed by atoms with Crippen LogP contribution >= 0.6 is 11.8 Å². The van der Waals surface area contributed by atoms with Gasteiger partial charge in [0, 0.05) is 18.7 Å². The number of rotatable bonds is 5. The average molecular weight is 421 g/mol. The van der Waals surface area contributed by atoms with Crippen molar-refractivity contribution in [2.75, 3.05) is 18.8 Å². The average Bonchev–Trinajstić information content (AvgIpc) is 3.18. The van der Waals surface area contributed by atoms with Crippen LogP contribution in [-0.2, 0) is 4.79 Å². The van der Waals surface area contributed by atoms with Crippen molar-refractivity contribution in [2.24, 2.45) is 5.92 Å². The van der Waals surface area contributed by atoms with E-state index in [2.05, 4.69) is 53.7 Å². The van der Waals surface area contributed by atoms with Crippen LogP contribution in [0.3, 0.4) is 0 Å². The molecule has 1 aliphatic rings. The van der Waals surface area contributed by atoms with Gasteiger partial charge in [0.05, 0.1) is 11.4 Å². The number of hydrogen-bond donors (Lipinski definition) is 0. The second-order valence-electron chi connectivity index (χ2n) is 8.15. The van der Waals surface area contributed by atoms with Gasteiger partial charge >= 0.3 is 0 Å². The highest BCUT2D eigenvalue weighted by Gasteiger charge is 2.23. The van der Waals surface area contributed by atoms with Crippen LogP contribution in [0, 0.1) is 19.8 Å². The maximum absolute atomic E-state index is 12.8. The molecule has 0 aliphatic carbocycles. The summed E-state index contributed by atoms with van der Waals surface area (Å²) in [7, 11) is 0. The normalized spacial score (nSPS) is 16.6. The van der Waals surface area contributed by atoms with Crippen molar-refractivity contribution in [3.05, 3.63) is 59.7 Å². The molecule has 0 spiro atoms. The summed E-state index contributed by atoms with van der Waals surface area (Å²) in [5, 5.41) is 9.69. The topological polar surface area (TPSA) is 51.0 Å². The number of likely N-dealkylation sites (tertiary alicyclic amines) is 1. The molecule has 1 unspecified atom stereocenters. The molecule has 3 aromatic rings. The van der Waals surface area contributed by atoms with E-state index in [1.165, 1.54) is 29.3 Å². The number of aryl methyl sites for hydroxylation is 2. The second kappa shape index (κ2) is 9.04. The van der Waals surface area contributed by atoms with Gasteiger partial charge in [0.15, 0.2) is 11.0 Å². The molecule has 5 nitrogen and oxygen atoms in total. The van der Waals surface area contributed by atoms with Crippen LogP contribution in [0.25, 0.3) is 17.1 Å². The molecule has 156 valence electrons. The molecule has 4 rings (SSSR count). The van der Waals surface area contributed by atoms with Gasteiger partial charge in [-0.05, 0) is 55.9 Å². The van der Waals surface area contributed by atoms with E-state index in [0.29, 0.717) is 11.7 Å². The number of carbonyl (C=O) groups excluding carboxylic acids is 1. The lowest BCUT2D eigenvalue weighted by molar-refractivity contribution is -0.130. The number of benzene rings is 2. The van der Waals surface area contributed by atoms with Crippen LogP contribution in [0.15, 0.2) is 53.7 Å². The first-order chi connectivity index (χ1) is 14.5. The van der Waals surface area contributed by atoms with Crippen LogP contribution in [0.2, 0.25) is 0 Å². The Morgan fingerprint density at radius 3 is 2.63 bits per heavy atom. The number of nitrogens with zero attached hydrogens (tertiary/aromatic N) is 4. The Labute approximate surface area is 182 Å². The molecule has 1 aliphatic heterocycles. The quantitative estimate of drug-likeness (QED) is 0.551. The van der Waals surface area contributed by atoms with E-state index in [1.807, 2.05) is 35.2 Å². The van der Waals surface area contributed by atoms with E-state index in [4.69, 9.17) is 0 Å². The van der Waals surface area contributed by atoms with Gasteiger partial charge in [0.25, 0.3) is 0 Å². The van der Waals surface area contributed by atoms with Gasteiger partial charge in [0.2, 0.25) is 5.91 Å². The summed E-state index contributed by atoms with van der Waals surface area (Å²) in [6.45, 7) is 8.16. The Balaban J connectivity index is 1.63. The first-order valence-corrected chi connectivity index (χ1v) is 11.5. The molecule has 1 saturated heterocycles. The number of thioether (sulfide) groups is 1. The van der Waals surface area contributed by atoms with E-state index in [-0.39, 0.29) is 5.91 Å². The second-order valence-corrected chi connectivity index (χ2v) is 9.09. The fourth-order valence-electron chi connectivity index (χ4n) is 3.87. The molecular weight excluding hydrogens is 392 g/mol. The molecule has 1 atom stereocenters. The Bertz CT molecular complexity index is 1030. The van der Waals surface area contributed by atoms with E-state index >= 15 is 0 Å². The van der Waals surface area contributed by atoms with Crippen LogP contribution in [-0.4, -0.2) is 44.4 Å². The fraction of sp³-hybridized carbons (Fsp3) is 0.375. The molecule has 2 aromatic carbocycles. The van der Waals surface area contributed by atoms with Crippen molar-refractivity contribution < 1.29 is 4.79 Å². The Hall–Kier alpha value is -2.60. The van der Waals surface area contributed by atoms with Crippen molar-refractivity contribution in [1.29, 1.82) is 0 Å². The zero-order valence-corrected chi connectivity index (χ0v) is 18.7. The highest BCUT2D eigenvalue weighted by Crippen LogP contribution is 2.29. The number of aromatic nitrogens is 3. The van der Waals surface area contributed by atoms with Gasteiger partial charge in [-0.3, -0.25) is 9.36 Å². The Morgan fingerprint density at radius 1 is 1.10 bits per heavy atom. The third-order valence-corrected chi connectivity index (χ3v) is 6.66. The minimum atomic E-state index is 0.183. The molecular formula is C24H28N4OS. The molecule has 0 N–H and O–H groups in total. The van der Waals surface area contributed by atoms with E-state index in [0.717, 1.165) is 41.7 Å². The van der Waals surface area contributed by atoms with Gasteiger partial charge < -0.3 is 4.90 Å². The maximum atomic E-state index is 12.8. The van der Waals surface area contributed by atoms with E-state index < -0.39 is 0 Å². The fourth-order valence-corrected chi connectivity index (χ4v) is 4.72. The minimum absolute atomic E-state index is 0.183. The van der Waals surface area contributed by atoms with Crippen molar-refractivity contribution in [1.82, 2.24) is 19.7 Å². The number of piperidine rings is 1. The molecule has 0 radical (unpaired) electrons. The smallest absolute Gasteiger partial charge is 0.233 e. The summed E-state index contributed by atoms with van der Waals surface area (Å²) in [6, 6.07) is 16.4. The first kappa shape index (κ1) is 20.7. The van der Waals surface area contributed by atoms with Crippen LogP contribution in [0.1, 0.15) is 30.9 Å². The number of amides is 1. The molecule has 0 bridgehead atoms. The van der Waals surface area contributed by atoms with Crippen LogP contribution < -0.4 is 0 Å². The summed E-state index contributed by atoms with van der Waals surface area (Å²) in [5.74, 6) is 1.93. The summed E-state index contributed by atoms with van der Waals surface area (Å²) < 4.78 is 2.07. The standard InChI is InChI=1S/C24H28N4OS/c1-17-8-7-13-27(15-17)22(29)16-30-24-26-25-23(20-9-5-4-6-10-20)28(24)21-12-11-18(2)19(3)14-21/h4-6,9-12,14,17H,7-8,13,15-16H2,1-3H3. The van der Waals surface area contributed by atoms with Gasteiger partial charge in [-0.15, -0.1) is 10.2 Å².